The summed E-state index contributed by atoms with van der Waals surface area (Å²) in [5.41, 5.74) is 0.999. The Morgan fingerprint density at radius 3 is 2.89 bits per heavy atom. The minimum absolute atomic E-state index is 0.0262. The first-order chi connectivity index (χ1) is 9.08. The van der Waals surface area contributed by atoms with Crippen LogP contribution in [0.5, 0.6) is 0 Å². The number of hydrogen-bond acceptors (Lipinski definition) is 5. The summed E-state index contributed by atoms with van der Waals surface area (Å²) in [7, 11) is 0. The molecule has 0 unspecified atom stereocenters. The lowest BCUT2D eigenvalue weighted by Gasteiger charge is -2.10. The van der Waals surface area contributed by atoms with Gasteiger partial charge in [-0.2, -0.15) is 0 Å². The number of rotatable bonds is 6. The highest BCUT2D eigenvalue weighted by Gasteiger charge is 2.16. The van der Waals surface area contributed by atoms with Crippen molar-refractivity contribution >= 4 is 17.7 Å². The van der Waals surface area contributed by atoms with E-state index in [1.54, 1.807) is 12.5 Å². The van der Waals surface area contributed by atoms with Crippen LogP contribution in [0.1, 0.15) is 31.2 Å². The quantitative estimate of drug-likeness (QED) is 0.818. The van der Waals surface area contributed by atoms with Gasteiger partial charge in [0.1, 0.15) is 5.82 Å². The summed E-state index contributed by atoms with van der Waals surface area (Å²) in [6, 6.07) is 1.87. The number of hydrogen-bond donors (Lipinski definition) is 1. The van der Waals surface area contributed by atoms with Crippen molar-refractivity contribution in [3.05, 3.63) is 30.0 Å². The van der Waals surface area contributed by atoms with E-state index in [0.717, 1.165) is 11.4 Å². The number of carboxylic acid groups (broad SMARTS) is 1. The third-order valence-corrected chi connectivity index (χ3v) is 3.46. The van der Waals surface area contributed by atoms with Crippen LogP contribution >= 0.6 is 11.8 Å². The van der Waals surface area contributed by atoms with Gasteiger partial charge in [0.15, 0.2) is 5.16 Å². The van der Waals surface area contributed by atoms with Crippen molar-refractivity contribution in [3.8, 4) is 0 Å². The lowest BCUT2D eigenvalue weighted by molar-refractivity contribution is -0.133. The second-order valence-electron chi connectivity index (χ2n) is 4.40. The SMILES string of the molecule is CC(C)c1nnc(SCC(=O)O)n1Cc1ccoc1. The maximum atomic E-state index is 10.6. The molecule has 0 aliphatic heterocycles. The van der Waals surface area contributed by atoms with Gasteiger partial charge >= 0.3 is 5.97 Å². The summed E-state index contributed by atoms with van der Waals surface area (Å²) < 4.78 is 6.98. The molecule has 2 aromatic heterocycles. The monoisotopic (exact) mass is 281 g/mol. The molecular weight excluding hydrogens is 266 g/mol. The Morgan fingerprint density at radius 2 is 2.32 bits per heavy atom. The number of carbonyl (C=O) groups is 1. The van der Waals surface area contributed by atoms with E-state index >= 15 is 0 Å². The first-order valence-electron chi connectivity index (χ1n) is 5.86. The summed E-state index contributed by atoms with van der Waals surface area (Å²) >= 11 is 1.17. The highest BCUT2D eigenvalue weighted by molar-refractivity contribution is 7.99. The van der Waals surface area contributed by atoms with Crippen molar-refractivity contribution in [3.63, 3.8) is 0 Å². The molecule has 0 aromatic carbocycles. The average Bonchev–Trinajstić information content (AvgIpc) is 2.96. The molecule has 0 saturated carbocycles. The van der Waals surface area contributed by atoms with Gasteiger partial charge in [0, 0.05) is 11.5 Å². The zero-order valence-corrected chi connectivity index (χ0v) is 11.6. The molecule has 0 spiro atoms. The van der Waals surface area contributed by atoms with Crippen molar-refractivity contribution in [2.24, 2.45) is 0 Å². The fourth-order valence-corrected chi connectivity index (χ4v) is 2.34. The van der Waals surface area contributed by atoms with Crippen LogP contribution in [0.25, 0.3) is 0 Å². The summed E-state index contributed by atoms with van der Waals surface area (Å²) in [5.74, 6) is 0.170. The van der Waals surface area contributed by atoms with Crippen LogP contribution in [0.4, 0.5) is 0 Å². The zero-order chi connectivity index (χ0) is 13.8. The number of aliphatic carboxylic acids is 1. The fourth-order valence-electron chi connectivity index (χ4n) is 1.67. The molecule has 6 nitrogen and oxygen atoms in total. The maximum Gasteiger partial charge on any atom is 0.313 e. The van der Waals surface area contributed by atoms with Crippen LogP contribution in [0.2, 0.25) is 0 Å². The number of furan rings is 1. The van der Waals surface area contributed by atoms with Gasteiger partial charge in [-0.1, -0.05) is 25.6 Å². The molecule has 0 atom stereocenters. The third kappa shape index (κ3) is 3.37. The predicted octanol–water partition coefficient (Wildman–Crippen LogP) is 2.22. The lowest BCUT2D eigenvalue weighted by Crippen LogP contribution is -2.08. The fraction of sp³-hybridized carbons (Fsp3) is 0.417. The van der Waals surface area contributed by atoms with Gasteiger partial charge in [0.05, 0.1) is 24.8 Å². The van der Waals surface area contributed by atoms with Gasteiger partial charge in [0.25, 0.3) is 0 Å². The minimum Gasteiger partial charge on any atom is -0.481 e. The third-order valence-electron chi connectivity index (χ3n) is 2.51. The maximum absolute atomic E-state index is 10.6. The average molecular weight is 281 g/mol. The molecule has 0 aliphatic carbocycles. The van der Waals surface area contributed by atoms with Crippen molar-refractivity contribution in [2.75, 3.05) is 5.75 Å². The molecule has 0 radical (unpaired) electrons. The van der Waals surface area contributed by atoms with E-state index in [4.69, 9.17) is 9.52 Å². The topological polar surface area (TPSA) is 81.1 Å². The molecule has 19 heavy (non-hydrogen) atoms. The summed E-state index contributed by atoms with van der Waals surface area (Å²) in [5, 5.41) is 17.6. The molecule has 2 heterocycles. The number of nitrogens with zero attached hydrogens (tertiary/aromatic N) is 3. The van der Waals surface area contributed by atoms with Gasteiger partial charge in [-0.15, -0.1) is 10.2 Å². The standard InChI is InChI=1S/C12H15N3O3S/c1-8(2)11-13-14-12(19-7-10(16)17)15(11)5-9-3-4-18-6-9/h3-4,6,8H,5,7H2,1-2H3,(H,16,17). The van der Waals surface area contributed by atoms with E-state index in [-0.39, 0.29) is 11.7 Å². The van der Waals surface area contributed by atoms with Gasteiger partial charge in [-0.25, -0.2) is 0 Å². The van der Waals surface area contributed by atoms with Gasteiger partial charge in [-0.3, -0.25) is 4.79 Å². The second-order valence-corrected chi connectivity index (χ2v) is 5.34. The molecule has 0 amide bonds. The Morgan fingerprint density at radius 1 is 1.53 bits per heavy atom. The molecular formula is C12H15N3O3S. The highest BCUT2D eigenvalue weighted by Crippen LogP contribution is 2.22. The van der Waals surface area contributed by atoms with E-state index < -0.39 is 5.97 Å². The van der Waals surface area contributed by atoms with E-state index in [2.05, 4.69) is 10.2 Å². The summed E-state index contributed by atoms with van der Waals surface area (Å²) in [6.45, 7) is 4.64. The van der Waals surface area contributed by atoms with Crippen LogP contribution in [-0.2, 0) is 11.3 Å². The number of thioether (sulfide) groups is 1. The normalized spacial score (nSPS) is 11.1. The zero-order valence-electron chi connectivity index (χ0n) is 10.7. The van der Waals surface area contributed by atoms with E-state index in [0.29, 0.717) is 11.7 Å². The summed E-state index contributed by atoms with van der Waals surface area (Å²) in [6.07, 6.45) is 3.27. The van der Waals surface area contributed by atoms with Gasteiger partial charge in [0.2, 0.25) is 0 Å². The Balaban J connectivity index is 2.25. The second kappa shape index (κ2) is 5.92. The molecule has 0 saturated heterocycles. The molecule has 102 valence electrons. The Labute approximate surface area is 114 Å². The van der Waals surface area contributed by atoms with Crippen molar-refractivity contribution in [1.29, 1.82) is 0 Å². The molecule has 1 N–H and O–H groups in total. The van der Waals surface area contributed by atoms with Gasteiger partial charge in [-0.05, 0) is 6.07 Å². The minimum atomic E-state index is -0.867. The van der Waals surface area contributed by atoms with Crippen molar-refractivity contribution in [1.82, 2.24) is 14.8 Å². The Kier molecular flexibility index (Phi) is 4.26. The van der Waals surface area contributed by atoms with Crippen LogP contribution in [0.3, 0.4) is 0 Å². The van der Waals surface area contributed by atoms with Crippen LogP contribution in [0, 0.1) is 0 Å². The highest BCUT2D eigenvalue weighted by atomic mass is 32.2. The van der Waals surface area contributed by atoms with E-state index in [1.807, 2.05) is 24.5 Å². The lowest BCUT2D eigenvalue weighted by atomic mass is 10.2. The van der Waals surface area contributed by atoms with E-state index in [9.17, 15) is 4.79 Å². The van der Waals surface area contributed by atoms with Crippen LogP contribution in [0.15, 0.2) is 28.2 Å². The van der Waals surface area contributed by atoms with Crippen LogP contribution in [-0.4, -0.2) is 31.6 Å². The van der Waals surface area contributed by atoms with Gasteiger partial charge < -0.3 is 14.1 Å². The largest absolute Gasteiger partial charge is 0.481 e. The first-order valence-corrected chi connectivity index (χ1v) is 6.85. The number of carboxylic acids is 1. The number of aromatic nitrogens is 3. The van der Waals surface area contributed by atoms with E-state index in [1.165, 1.54) is 11.8 Å². The molecule has 0 aliphatic rings. The van der Waals surface area contributed by atoms with Crippen LogP contribution < -0.4 is 0 Å². The first kappa shape index (κ1) is 13.7. The Bertz CT molecular complexity index is 549. The molecule has 7 heteroatoms. The summed E-state index contributed by atoms with van der Waals surface area (Å²) in [4.78, 5) is 10.6. The van der Waals surface area contributed by atoms with Crippen molar-refractivity contribution < 1.29 is 14.3 Å². The molecule has 2 aromatic rings. The van der Waals surface area contributed by atoms with Crippen molar-refractivity contribution in [2.45, 2.75) is 31.5 Å². The predicted molar refractivity (Wildman–Crippen MR) is 70.3 cm³/mol. The Hall–Kier alpha value is -1.76. The molecule has 2 rings (SSSR count). The smallest absolute Gasteiger partial charge is 0.313 e. The molecule has 0 fully saturated rings. The molecule has 0 bridgehead atoms.